The molecule has 3 heteroatoms. The number of hydrogen-bond donors (Lipinski definition) is 0. The molecule has 0 amide bonds. The van der Waals surface area contributed by atoms with Crippen molar-refractivity contribution in [2.24, 2.45) is 0 Å². The smallest absolute Gasteiger partial charge is 0.343 e. The zero-order chi connectivity index (χ0) is 11.4. The van der Waals surface area contributed by atoms with E-state index in [1.165, 1.54) is 0 Å². The summed E-state index contributed by atoms with van der Waals surface area (Å²) in [6, 6.07) is 15.6. The number of hydrogen-bond acceptors (Lipinski definition) is 2. The molecule has 0 saturated carbocycles. The monoisotopic (exact) mass is 232 g/mol. The molecule has 0 unspecified atom stereocenters. The van der Waals surface area contributed by atoms with Crippen LogP contribution in [0.3, 0.4) is 0 Å². The van der Waals surface area contributed by atoms with Gasteiger partial charge in [-0.15, -0.1) is 0 Å². The minimum atomic E-state index is -0.409. The van der Waals surface area contributed by atoms with Gasteiger partial charge in [0.05, 0.1) is 5.56 Å². The summed E-state index contributed by atoms with van der Waals surface area (Å²) in [4.78, 5) is 11.7. The van der Waals surface area contributed by atoms with Crippen LogP contribution in [0.15, 0.2) is 54.6 Å². The Hall–Kier alpha value is -1.80. The van der Waals surface area contributed by atoms with Gasteiger partial charge in [-0.25, -0.2) is 4.79 Å². The van der Waals surface area contributed by atoms with Crippen LogP contribution in [-0.4, -0.2) is 5.97 Å². The Morgan fingerprint density at radius 3 is 2.44 bits per heavy atom. The van der Waals surface area contributed by atoms with Crippen LogP contribution in [0.2, 0.25) is 5.02 Å². The molecule has 2 nitrogen and oxygen atoms in total. The van der Waals surface area contributed by atoms with Crippen molar-refractivity contribution in [1.29, 1.82) is 0 Å². The van der Waals surface area contributed by atoms with Gasteiger partial charge < -0.3 is 4.74 Å². The normalized spacial score (nSPS) is 9.81. The lowest BCUT2D eigenvalue weighted by atomic mass is 10.2. The Morgan fingerprint density at radius 2 is 1.75 bits per heavy atom. The molecular weight excluding hydrogens is 224 g/mol. The predicted molar refractivity (Wildman–Crippen MR) is 62.9 cm³/mol. The summed E-state index contributed by atoms with van der Waals surface area (Å²) in [7, 11) is 0. The number of carbonyl (C=O) groups excluding carboxylic acids is 1. The minimum absolute atomic E-state index is 0.409. The first-order valence-electron chi connectivity index (χ1n) is 4.78. The Morgan fingerprint density at radius 1 is 1.00 bits per heavy atom. The standard InChI is InChI=1S/C13H9ClO2/c14-11-6-4-5-10(9-11)13(15)16-12-7-2-1-3-8-12/h1-9H. The van der Waals surface area contributed by atoms with E-state index >= 15 is 0 Å². The summed E-state index contributed by atoms with van der Waals surface area (Å²) in [5, 5.41) is 0.516. The first-order chi connectivity index (χ1) is 7.75. The second kappa shape index (κ2) is 4.81. The number of ether oxygens (including phenoxy) is 1. The summed E-state index contributed by atoms with van der Waals surface area (Å²) >= 11 is 5.78. The average Bonchev–Trinajstić information content (AvgIpc) is 2.30. The van der Waals surface area contributed by atoms with Crippen molar-refractivity contribution in [2.75, 3.05) is 0 Å². The molecule has 80 valence electrons. The molecule has 0 aliphatic rings. The summed E-state index contributed by atoms with van der Waals surface area (Å²) in [5.41, 5.74) is 0.441. The molecular formula is C13H9ClO2. The van der Waals surface area contributed by atoms with Gasteiger partial charge in [0.25, 0.3) is 0 Å². The van der Waals surface area contributed by atoms with E-state index < -0.39 is 5.97 Å². The lowest BCUT2D eigenvalue weighted by molar-refractivity contribution is 0.0735. The van der Waals surface area contributed by atoms with Crippen LogP contribution in [0.1, 0.15) is 10.4 Å². The van der Waals surface area contributed by atoms with E-state index in [1.807, 2.05) is 6.07 Å². The van der Waals surface area contributed by atoms with Gasteiger partial charge in [-0.05, 0) is 30.3 Å². The predicted octanol–water partition coefficient (Wildman–Crippen LogP) is 3.56. The summed E-state index contributed by atoms with van der Waals surface area (Å²) in [6.07, 6.45) is 0. The van der Waals surface area contributed by atoms with Crippen LogP contribution in [0.25, 0.3) is 0 Å². The first-order valence-corrected chi connectivity index (χ1v) is 5.16. The topological polar surface area (TPSA) is 26.3 Å². The lowest BCUT2D eigenvalue weighted by Gasteiger charge is -2.03. The molecule has 0 saturated heterocycles. The van der Waals surface area contributed by atoms with Crippen LogP contribution in [0, 0.1) is 0 Å². The van der Waals surface area contributed by atoms with Crippen LogP contribution >= 0.6 is 11.6 Å². The number of esters is 1. The lowest BCUT2D eigenvalue weighted by Crippen LogP contribution is -2.07. The third-order valence-corrected chi connectivity index (χ3v) is 2.25. The van der Waals surface area contributed by atoms with Crippen molar-refractivity contribution in [3.8, 4) is 5.75 Å². The molecule has 0 fully saturated rings. The maximum Gasteiger partial charge on any atom is 0.343 e. The van der Waals surface area contributed by atoms with Crippen molar-refractivity contribution < 1.29 is 9.53 Å². The number of para-hydroxylation sites is 1. The molecule has 2 aromatic carbocycles. The molecule has 0 aliphatic carbocycles. The zero-order valence-corrected chi connectivity index (χ0v) is 9.15. The number of halogens is 1. The highest BCUT2D eigenvalue weighted by Gasteiger charge is 2.08. The van der Waals surface area contributed by atoms with Gasteiger partial charge >= 0.3 is 5.97 Å². The Kier molecular flexibility index (Phi) is 3.22. The number of carbonyl (C=O) groups is 1. The molecule has 0 radical (unpaired) electrons. The van der Waals surface area contributed by atoms with Crippen molar-refractivity contribution in [3.63, 3.8) is 0 Å². The largest absolute Gasteiger partial charge is 0.423 e. The van der Waals surface area contributed by atoms with Gasteiger partial charge in [0.2, 0.25) is 0 Å². The van der Waals surface area contributed by atoms with Crippen LogP contribution < -0.4 is 4.74 Å². The summed E-state index contributed by atoms with van der Waals surface area (Å²) in [5.74, 6) is 0.112. The van der Waals surface area contributed by atoms with E-state index in [1.54, 1.807) is 48.5 Å². The highest BCUT2D eigenvalue weighted by atomic mass is 35.5. The minimum Gasteiger partial charge on any atom is -0.423 e. The molecule has 16 heavy (non-hydrogen) atoms. The Bertz CT molecular complexity index is 494. The number of benzene rings is 2. The van der Waals surface area contributed by atoms with E-state index in [-0.39, 0.29) is 0 Å². The molecule has 0 heterocycles. The van der Waals surface area contributed by atoms with E-state index in [4.69, 9.17) is 16.3 Å². The van der Waals surface area contributed by atoms with Gasteiger partial charge in [-0.2, -0.15) is 0 Å². The first kappa shape index (κ1) is 10.7. The third kappa shape index (κ3) is 2.61. The second-order valence-electron chi connectivity index (χ2n) is 3.21. The highest BCUT2D eigenvalue weighted by Crippen LogP contribution is 2.14. The van der Waals surface area contributed by atoms with Crippen LogP contribution in [0.5, 0.6) is 5.75 Å². The van der Waals surface area contributed by atoms with E-state index in [9.17, 15) is 4.79 Å². The third-order valence-electron chi connectivity index (χ3n) is 2.01. The molecule has 0 aromatic heterocycles. The van der Waals surface area contributed by atoms with Crippen LogP contribution in [-0.2, 0) is 0 Å². The average molecular weight is 233 g/mol. The second-order valence-corrected chi connectivity index (χ2v) is 3.65. The fraction of sp³-hybridized carbons (Fsp3) is 0. The summed E-state index contributed by atoms with van der Waals surface area (Å²) in [6.45, 7) is 0. The molecule has 0 atom stereocenters. The van der Waals surface area contributed by atoms with Crippen molar-refractivity contribution in [3.05, 3.63) is 65.2 Å². The van der Waals surface area contributed by atoms with Crippen molar-refractivity contribution >= 4 is 17.6 Å². The van der Waals surface area contributed by atoms with Crippen molar-refractivity contribution in [1.82, 2.24) is 0 Å². The fourth-order valence-electron chi connectivity index (χ4n) is 1.27. The number of rotatable bonds is 2. The molecule has 2 aromatic rings. The Labute approximate surface area is 98.4 Å². The SMILES string of the molecule is O=C(Oc1ccccc1)c1cccc(Cl)c1. The molecule has 2 rings (SSSR count). The van der Waals surface area contributed by atoms with Gasteiger partial charge in [-0.3, -0.25) is 0 Å². The van der Waals surface area contributed by atoms with Crippen LogP contribution in [0.4, 0.5) is 0 Å². The van der Waals surface area contributed by atoms with Gasteiger partial charge in [-0.1, -0.05) is 35.9 Å². The molecule has 0 bridgehead atoms. The Balaban J connectivity index is 2.15. The maximum atomic E-state index is 11.7. The summed E-state index contributed by atoms with van der Waals surface area (Å²) < 4.78 is 5.16. The molecule has 0 aliphatic heterocycles. The highest BCUT2D eigenvalue weighted by molar-refractivity contribution is 6.30. The van der Waals surface area contributed by atoms with E-state index in [0.29, 0.717) is 16.3 Å². The fourth-order valence-corrected chi connectivity index (χ4v) is 1.46. The van der Waals surface area contributed by atoms with E-state index in [2.05, 4.69) is 0 Å². The quantitative estimate of drug-likeness (QED) is 0.585. The van der Waals surface area contributed by atoms with Gasteiger partial charge in [0, 0.05) is 5.02 Å². The zero-order valence-electron chi connectivity index (χ0n) is 8.39. The molecule has 0 N–H and O–H groups in total. The van der Waals surface area contributed by atoms with Gasteiger partial charge in [0.1, 0.15) is 5.75 Å². The van der Waals surface area contributed by atoms with Gasteiger partial charge in [0.15, 0.2) is 0 Å². The van der Waals surface area contributed by atoms with E-state index in [0.717, 1.165) is 0 Å². The van der Waals surface area contributed by atoms with Crippen molar-refractivity contribution in [2.45, 2.75) is 0 Å². The molecule has 0 spiro atoms. The maximum absolute atomic E-state index is 11.7.